The second-order valence-electron chi connectivity index (χ2n) is 4.08. The number of hydrogen-bond acceptors (Lipinski definition) is 3. The van der Waals surface area contributed by atoms with Crippen molar-refractivity contribution in [2.45, 2.75) is 20.0 Å². The maximum Gasteiger partial charge on any atom is 0.273 e. The van der Waals surface area contributed by atoms with Gasteiger partial charge in [0.15, 0.2) is 0 Å². The Labute approximate surface area is 105 Å². The lowest BCUT2D eigenvalue weighted by Crippen LogP contribution is -2.14. The van der Waals surface area contributed by atoms with E-state index in [4.69, 9.17) is 4.74 Å². The molecule has 0 aliphatic carbocycles. The lowest BCUT2D eigenvalue weighted by Gasteiger charge is -2.14. The van der Waals surface area contributed by atoms with Crippen LogP contribution in [0, 0.1) is 0 Å². The van der Waals surface area contributed by atoms with Crippen LogP contribution in [0.4, 0.5) is 5.69 Å². The summed E-state index contributed by atoms with van der Waals surface area (Å²) in [7, 11) is 0. The molecule has 1 heterocycles. The fourth-order valence-corrected chi connectivity index (χ4v) is 1.50. The molecule has 0 atom stereocenters. The van der Waals surface area contributed by atoms with Crippen molar-refractivity contribution in [2.24, 2.45) is 0 Å². The zero-order valence-electron chi connectivity index (χ0n) is 10.3. The van der Waals surface area contributed by atoms with Gasteiger partial charge >= 0.3 is 0 Å². The van der Waals surface area contributed by atoms with Crippen LogP contribution < -0.4 is 10.1 Å². The largest absolute Gasteiger partial charge is 0.489 e. The molecule has 0 aliphatic rings. The highest BCUT2D eigenvalue weighted by molar-refractivity contribution is 6.03. The van der Waals surface area contributed by atoms with Gasteiger partial charge in [0.2, 0.25) is 0 Å². The molecule has 1 aromatic carbocycles. The van der Waals surface area contributed by atoms with Crippen LogP contribution in [0.15, 0.2) is 36.8 Å². The number of amides is 1. The highest BCUT2D eigenvalue weighted by atomic mass is 16.5. The number of hydrogen-bond donors (Lipinski definition) is 2. The predicted octanol–water partition coefficient (Wildman–Crippen LogP) is 2.45. The number of aromatic nitrogens is 2. The Kier molecular flexibility index (Phi) is 3.62. The van der Waals surface area contributed by atoms with Gasteiger partial charge < -0.3 is 15.0 Å². The van der Waals surface area contributed by atoms with Crippen molar-refractivity contribution >= 4 is 11.6 Å². The molecule has 1 aromatic heterocycles. The molecule has 94 valence electrons. The Morgan fingerprint density at radius 3 is 2.83 bits per heavy atom. The monoisotopic (exact) mass is 245 g/mol. The molecule has 0 aliphatic heterocycles. The molecule has 0 unspecified atom stereocenters. The number of aromatic amines is 1. The molecule has 5 heteroatoms. The predicted molar refractivity (Wildman–Crippen MR) is 68.7 cm³/mol. The van der Waals surface area contributed by atoms with E-state index in [1.807, 2.05) is 32.0 Å². The SMILES string of the molecule is CC(C)Oc1ccccc1NC(=O)c1cnc[nH]1. The van der Waals surface area contributed by atoms with E-state index >= 15 is 0 Å². The van der Waals surface area contributed by atoms with Crippen LogP contribution in [-0.4, -0.2) is 22.0 Å². The van der Waals surface area contributed by atoms with Crippen molar-refractivity contribution in [1.82, 2.24) is 9.97 Å². The van der Waals surface area contributed by atoms with E-state index < -0.39 is 0 Å². The summed E-state index contributed by atoms with van der Waals surface area (Å²) in [4.78, 5) is 18.4. The number of carbonyl (C=O) groups excluding carboxylic acids is 1. The second-order valence-corrected chi connectivity index (χ2v) is 4.08. The molecule has 1 amide bonds. The third kappa shape index (κ3) is 2.88. The molecule has 0 bridgehead atoms. The smallest absolute Gasteiger partial charge is 0.273 e. The first kappa shape index (κ1) is 12.2. The van der Waals surface area contributed by atoms with Gasteiger partial charge in [-0.1, -0.05) is 12.1 Å². The van der Waals surface area contributed by atoms with Crippen LogP contribution in [0.1, 0.15) is 24.3 Å². The number of rotatable bonds is 4. The van der Waals surface area contributed by atoms with Crippen LogP contribution in [0.2, 0.25) is 0 Å². The average Bonchev–Trinajstić information content (AvgIpc) is 2.84. The zero-order chi connectivity index (χ0) is 13.0. The van der Waals surface area contributed by atoms with E-state index in [0.717, 1.165) is 0 Å². The fourth-order valence-electron chi connectivity index (χ4n) is 1.50. The van der Waals surface area contributed by atoms with Gasteiger partial charge in [-0.2, -0.15) is 0 Å². The minimum atomic E-state index is -0.243. The number of benzene rings is 1. The summed E-state index contributed by atoms with van der Waals surface area (Å²) in [5, 5.41) is 2.78. The summed E-state index contributed by atoms with van der Waals surface area (Å²) in [6, 6.07) is 7.33. The number of para-hydroxylation sites is 2. The molecule has 0 saturated heterocycles. The second kappa shape index (κ2) is 5.35. The van der Waals surface area contributed by atoms with Gasteiger partial charge in [-0.05, 0) is 26.0 Å². The van der Waals surface area contributed by atoms with E-state index in [0.29, 0.717) is 17.1 Å². The van der Waals surface area contributed by atoms with E-state index in [1.165, 1.54) is 12.5 Å². The maximum atomic E-state index is 11.9. The number of H-pyrrole nitrogens is 1. The highest BCUT2D eigenvalue weighted by Crippen LogP contribution is 2.25. The first-order valence-electron chi connectivity index (χ1n) is 5.72. The Morgan fingerprint density at radius 2 is 2.17 bits per heavy atom. The number of carbonyl (C=O) groups is 1. The van der Waals surface area contributed by atoms with Crippen molar-refractivity contribution in [2.75, 3.05) is 5.32 Å². The van der Waals surface area contributed by atoms with E-state index in [1.54, 1.807) is 6.07 Å². The van der Waals surface area contributed by atoms with E-state index in [-0.39, 0.29) is 12.0 Å². The standard InChI is InChI=1S/C13H15N3O2/c1-9(2)18-12-6-4-3-5-10(12)16-13(17)11-7-14-8-15-11/h3-9H,1-2H3,(H,14,15)(H,16,17). The summed E-state index contributed by atoms with van der Waals surface area (Å²) in [6.45, 7) is 3.88. The van der Waals surface area contributed by atoms with Gasteiger partial charge in [0.1, 0.15) is 11.4 Å². The van der Waals surface area contributed by atoms with Gasteiger partial charge in [0, 0.05) is 0 Å². The molecule has 18 heavy (non-hydrogen) atoms. The topological polar surface area (TPSA) is 67.0 Å². The minimum Gasteiger partial charge on any atom is -0.489 e. The summed E-state index contributed by atoms with van der Waals surface area (Å²) in [5.41, 5.74) is 1.06. The molecule has 5 nitrogen and oxygen atoms in total. The lowest BCUT2D eigenvalue weighted by atomic mass is 10.2. The molecular formula is C13H15N3O2. The quantitative estimate of drug-likeness (QED) is 0.869. The molecule has 0 spiro atoms. The molecule has 0 radical (unpaired) electrons. The zero-order valence-corrected chi connectivity index (χ0v) is 10.3. The van der Waals surface area contributed by atoms with E-state index in [9.17, 15) is 4.79 Å². The van der Waals surface area contributed by atoms with Crippen molar-refractivity contribution in [3.05, 3.63) is 42.5 Å². The first-order chi connectivity index (χ1) is 8.66. The van der Waals surface area contributed by atoms with Crippen LogP contribution >= 0.6 is 0 Å². The van der Waals surface area contributed by atoms with Gasteiger partial charge in [0.25, 0.3) is 5.91 Å². The maximum absolute atomic E-state index is 11.9. The minimum absolute atomic E-state index is 0.0511. The number of nitrogens with one attached hydrogen (secondary N) is 2. The fraction of sp³-hybridized carbons (Fsp3) is 0.231. The third-order valence-electron chi connectivity index (χ3n) is 2.24. The highest BCUT2D eigenvalue weighted by Gasteiger charge is 2.11. The summed E-state index contributed by atoms with van der Waals surface area (Å²) >= 11 is 0. The number of imidazole rings is 1. The molecule has 2 rings (SSSR count). The molecule has 2 aromatic rings. The van der Waals surface area contributed by atoms with Crippen LogP contribution in [0.3, 0.4) is 0 Å². The lowest BCUT2D eigenvalue weighted by molar-refractivity contribution is 0.102. The van der Waals surface area contributed by atoms with Crippen LogP contribution in [0.5, 0.6) is 5.75 Å². The number of anilines is 1. The summed E-state index contributed by atoms with van der Waals surface area (Å²) in [5.74, 6) is 0.410. The Hall–Kier alpha value is -2.30. The van der Waals surface area contributed by atoms with Crippen molar-refractivity contribution in [1.29, 1.82) is 0 Å². The van der Waals surface area contributed by atoms with Gasteiger partial charge in [-0.3, -0.25) is 4.79 Å². The van der Waals surface area contributed by atoms with Crippen LogP contribution in [-0.2, 0) is 0 Å². The molecule has 0 fully saturated rings. The first-order valence-corrected chi connectivity index (χ1v) is 5.72. The van der Waals surface area contributed by atoms with Crippen molar-refractivity contribution in [3.8, 4) is 5.75 Å². The normalized spacial score (nSPS) is 10.4. The average molecular weight is 245 g/mol. The van der Waals surface area contributed by atoms with E-state index in [2.05, 4.69) is 15.3 Å². The molecular weight excluding hydrogens is 230 g/mol. The Balaban J connectivity index is 2.16. The number of nitrogens with zero attached hydrogens (tertiary/aromatic N) is 1. The molecule has 2 N–H and O–H groups in total. The molecule has 0 saturated carbocycles. The van der Waals surface area contributed by atoms with Crippen molar-refractivity contribution in [3.63, 3.8) is 0 Å². The summed E-state index contributed by atoms with van der Waals surface area (Å²) < 4.78 is 5.62. The summed E-state index contributed by atoms with van der Waals surface area (Å²) in [6.07, 6.45) is 2.99. The number of ether oxygens (including phenoxy) is 1. The Bertz CT molecular complexity index is 521. The van der Waals surface area contributed by atoms with Crippen LogP contribution in [0.25, 0.3) is 0 Å². The Morgan fingerprint density at radius 1 is 1.39 bits per heavy atom. The van der Waals surface area contributed by atoms with Gasteiger partial charge in [-0.25, -0.2) is 4.98 Å². The van der Waals surface area contributed by atoms with Gasteiger partial charge in [-0.15, -0.1) is 0 Å². The third-order valence-corrected chi connectivity index (χ3v) is 2.24. The van der Waals surface area contributed by atoms with Gasteiger partial charge in [0.05, 0.1) is 24.3 Å². The van der Waals surface area contributed by atoms with Crippen molar-refractivity contribution < 1.29 is 9.53 Å².